The van der Waals surface area contributed by atoms with Crippen molar-refractivity contribution in [1.82, 2.24) is 0 Å². The molecule has 2 heteroatoms. The standard InChI is InChI=1S/C18H23NO/c1-4-13-20-17-11-9-16(10-12-17)15(3)19-18-8-6-5-7-14(18)2/h5-12,15,19H,4,13H2,1-3H3. The summed E-state index contributed by atoms with van der Waals surface area (Å²) in [7, 11) is 0. The number of aryl methyl sites for hydroxylation is 1. The predicted octanol–water partition coefficient (Wildman–Crippen LogP) is 4.96. The second-order valence-corrected chi connectivity index (χ2v) is 5.10. The van der Waals surface area contributed by atoms with Crippen molar-refractivity contribution in [1.29, 1.82) is 0 Å². The van der Waals surface area contributed by atoms with E-state index in [2.05, 4.69) is 62.5 Å². The van der Waals surface area contributed by atoms with E-state index in [-0.39, 0.29) is 6.04 Å². The molecule has 2 rings (SSSR count). The minimum atomic E-state index is 0.274. The molecule has 0 aliphatic carbocycles. The first-order valence-corrected chi connectivity index (χ1v) is 7.25. The maximum atomic E-state index is 5.61. The largest absolute Gasteiger partial charge is 0.494 e. The van der Waals surface area contributed by atoms with Crippen LogP contribution in [0.5, 0.6) is 5.75 Å². The SMILES string of the molecule is CCCOc1ccc(C(C)Nc2ccccc2C)cc1. The highest BCUT2D eigenvalue weighted by molar-refractivity contribution is 5.51. The molecule has 0 radical (unpaired) electrons. The molecule has 1 N–H and O–H groups in total. The lowest BCUT2D eigenvalue weighted by Gasteiger charge is -2.17. The van der Waals surface area contributed by atoms with Crippen molar-refractivity contribution in [2.45, 2.75) is 33.2 Å². The van der Waals surface area contributed by atoms with E-state index in [9.17, 15) is 0 Å². The van der Waals surface area contributed by atoms with Crippen molar-refractivity contribution in [3.8, 4) is 5.75 Å². The van der Waals surface area contributed by atoms with Crippen LogP contribution in [-0.4, -0.2) is 6.61 Å². The predicted molar refractivity (Wildman–Crippen MR) is 85.4 cm³/mol. The molecule has 1 atom stereocenters. The van der Waals surface area contributed by atoms with Crippen LogP contribution >= 0.6 is 0 Å². The number of anilines is 1. The third-order valence-corrected chi connectivity index (χ3v) is 3.37. The fraction of sp³-hybridized carbons (Fsp3) is 0.333. The number of nitrogens with one attached hydrogen (secondary N) is 1. The third kappa shape index (κ3) is 3.77. The van der Waals surface area contributed by atoms with Crippen molar-refractivity contribution in [2.24, 2.45) is 0 Å². The van der Waals surface area contributed by atoms with Gasteiger partial charge in [0.25, 0.3) is 0 Å². The maximum Gasteiger partial charge on any atom is 0.119 e. The van der Waals surface area contributed by atoms with Gasteiger partial charge >= 0.3 is 0 Å². The molecule has 0 amide bonds. The van der Waals surface area contributed by atoms with E-state index in [1.54, 1.807) is 0 Å². The molecule has 0 aromatic heterocycles. The monoisotopic (exact) mass is 269 g/mol. The number of para-hydroxylation sites is 1. The Labute approximate surface area is 121 Å². The summed E-state index contributed by atoms with van der Waals surface area (Å²) >= 11 is 0. The Hall–Kier alpha value is -1.96. The first-order chi connectivity index (χ1) is 9.70. The minimum absolute atomic E-state index is 0.274. The highest BCUT2D eigenvalue weighted by atomic mass is 16.5. The van der Waals surface area contributed by atoms with E-state index < -0.39 is 0 Å². The number of hydrogen-bond acceptors (Lipinski definition) is 2. The van der Waals surface area contributed by atoms with Gasteiger partial charge in [0.1, 0.15) is 5.75 Å². The zero-order chi connectivity index (χ0) is 14.4. The number of rotatable bonds is 6. The zero-order valence-corrected chi connectivity index (χ0v) is 12.5. The van der Waals surface area contributed by atoms with Gasteiger partial charge in [-0.05, 0) is 49.6 Å². The van der Waals surface area contributed by atoms with Crippen LogP contribution in [0.3, 0.4) is 0 Å². The van der Waals surface area contributed by atoms with Crippen LogP contribution in [0.15, 0.2) is 48.5 Å². The molecule has 0 spiro atoms. The van der Waals surface area contributed by atoms with E-state index in [0.717, 1.165) is 18.8 Å². The average molecular weight is 269 g/mol. The summed E-state index contributed by atoms with van der Waals surface area (Å²) in [4.78, 5) is 0. The fourth-order valence-electron chi connectivity index (χ4n) is 2.12. The van der Waals surface area contributed by atoms with Crippen molar-refractivity contribution in [3.63, 3.8) is 0 Å². The molecule has 1 unspecified atom stereocenters. The Morgan fingerprint density at radius 1 is 1.05 bits per heavy atom. The van der Waals surface area contributed by atoms with E-state index in [1.807, 2.05) is 12.1 Å². The van der Waals surface area contributed by atoms with Gasteiger partial charge in [-0.15, -0.1) is 0 Å². The molecular formula is C18H23NO. The molecule has 20 heavy (non-hydrogen) atoms. The van der Waals surface area contributed by atoms with Gasteiger partial charge in [-0.1, -0.05) is 37.3 Å². The van der Waals surface area contributed by atoms with Crippen LogP contribution in [-0.2, 0) is 0 Å². The highest BCUT2D eigenvalue weighted by Gasteiger charge is 2.06. The van der Waals surface area contributed by atoms with Gasteiger partial charge < -0.3 is 10.1 Å². The number of benzene rings is 2. The second kappa shape index (κ2) is 6.99. The van der Waals surface area contributed by atoms with Gasteiger partial charge in [0.05, 0.1) is 6.61 Å². The van der Waals surface area contributed by atoms with E-state index in [1.165, 1.54) is 16.8 Å². The molecule has 0 aliphatic rings. The number of hydrogen-bond donors (Lipinski definition) is 1. The summed E-state index contributed by atoms with van der Waals surface area (Å²) in [5.41, 5.74) is 3.71. The molecule has 0 fully saturated rings. The molecule has 2 aromatic rings. The topological polar surface area (TPSA) is 21.3 Å². The van der Waals surface area contributed by atoms with Crippen molar-refractivity contribution >= 4 is 5.69 Å². The summed E-state index contributed by atoms with van der Waals surface area (Å²) < 4.78 is 5.61. The van der Waals surface area contributed by atoms with Crippen molar-refractivity contribution in [3.05, 3.63) is 59.7 Å². The molecule has 0 bridgehead atoms. The summed E-state index contributed by atoms with van der Waals surface area (Å²) in [6.45, 7) is 7.18. The lowest BCUT2D eigenvalue weighted by molar-refractivity contribution is 0.317. The Bertz CT molecular complexity index is 533. The minimum Gasteiger partial charge on any atom is -0.494 e. The van der Waals surface area contributed by atoms with E-state index >= 15 is 0 Å². The quantitative estimate of drug-likeness (QED) is 0.800. The summed E-state index contributed by atoms with van der Waals surface area (Å²) in [6.07, 6.45) is 1.03. The van der Waals surface area contributed by atoms with Crippen LogP contribution in [0.1, 0.15) is 37.4 Å². The summed E-state index contributed by atoms with van der Waals surface area (Å²) in [5, 5.41) is 3.55. The lowest BCUT2D eigenvalue weighted by atomic mass is 10.1. The van der Waals surface area contributed by atoms with Gasteiger partial charge in [0.2, 0.25) is 0 Å². The number of ether oxygens (including phenoxy) is 1. The van der Waals surface area contributed by atoms with Crippen LogP contribution < -0.4 is 10.1 Å². The van der Waals surface area contributed by atoms with E-state index in [4.69, 9.17) is 4.74 Å². The molecule has 2 nitrogen and oxygen atoms in total. The molecular weight excluding hydrogens is 246 g/mol. The van der Waals surface area contributed by atoms with Gasteiger partial charge in [-0.2, -0.15) is 0 Å². The van der Waals surface area contributed by atoms with Gasteiger partial charge in [0.15, 0.2) is 0 Å². The molecule has 0 aliphatic heterocycles. The maximum absolute atomic E-state index is 5.61. The Kier molecular flexibility index (Phi) is 5.05. The fourth-order valence-corrected chi connectivity index (χ4v) is 2.12. The molecule has 0 saturated heterocycles. The van der Waals surface area contributed by atoms with Crippen LogP contribution in [0, 0.1) is 6.92 Å². The molecule has 0 saturated carbocycles. The normalized spacial score (nSPS) is 11.9. The Morgan fingerprint density at radius 2 is 1.75 bits per heavy atom. The second-order valence-electron chi connectivity index (χ2n) is 5.10. The van der Waals surface area contributed by atoms with Crippen molar-refractivity contribution < 1.29 is 4.74 Å². The van der Waals surface area contributed by atoms with E-state index in [0.29, 0.717) is 0 Å². The summed E-state index contributed by atoms with van der Waals surface area (Å²) in [6, 6.07) is 17.0. The highest BCUT2D eigenvalue weighted by Crippen LogP contribution is 2.23. The molecule has 0 heterocycles. The molecule has 2 aromatic carbocycles. The van der Waals surface area contributed by atoms with Crippen molar-refractivity contribution in [2.75, 3.05) is 11.9 Å². The third-order valence-electron chi connectivity index (χ3n) is 3.37. The Morgan fingerprint density at radius 3 is 2.40 bits per heavy atom. The van der Waals surface area contributed by atoms with Crippen LogP contribution in [0.4, 0.5) is 5.69 Å². The first-order valence-electron chi connectivity index (χ1n) is 7.25. The molecule has 106 valence electrons. The Balaban J connectivity index is 2.02. The average Bonchev–Trinajstić information content (AvgIpc) is 2.48. The smallest absolute Gasteiger partial charge is 0.119 e. The van der Waals surface area contributed by atoms with Crippen LogP contribution in [0.25, 0.3) is 0 Å². The first kappa shape index (κ1) is 14.4. The van der Waals surface area contributed by atoms with Gasteiger partial charge in [-0.25, -0.2) is 0 Å². The summed E-state index contributed by atoms with van der Waals surface area (Å²) in [5.74, 6) is 0.943. The van der Waals surface area contributed by atoms with Gasteiger partial charge in [0, 0.05) is 11.7 Å². The lowest BCUT2D eigenvalue weighted by Crippen LogP contribution is -2.07. The van der Waals surface area contributed by atoms with Gasteiger partial charge in [-0.3, -0.25) is 0 Å². The zero-order valence-electron chi connectivity index (χ0n) is 12.5. The van der Waals surface area contributed by atoms with Crippen LogP contribution in [0.2, 0.25) is 0 Å².